The van der Waals surface area contributed by atoms with Gasteiger partial charge in [-0.05, 0) is 60.2 Å². The second kappa shape index (κ2) is 9.47. The summed E-state index contributed by atoms with van der Waals surface area (Å²) in [6.07, 6.45) is 0. The smallest absolute Gasteiger partial charge is 0.308 e. The molecule has 0 unspecified atom stereocenters. The lowest BCUT2D eigenvalue weighted by Gasteiger charge is -2.09. The fourth-order valence-electron chi connectivity index (χ4n) is 2.71. The van der Waals surface area contributed by atoms with Crippen LogP contribution in [0.2, 0.25) is 0 Å². The minimum Gasteiger partial charge on any atom is -0.427 e. The summed E-state index contributed by atoms with van der Waals surface area (Å²) in [6, 6.07) is 18.6. The zero-order valence-corrected chi connectivity index (χ0v) is 16.1. The van der Waals surface area contributed by atoms with Crippen molar-refractivity contribution < 1.29 is 23.5 Å². The first-order valence-electron chi connectivity index (χ1n) is 9.13. The van der Waals surface area contributed by atoms with E-state index in [4.69, 9.17) is 4.74 Å². The molecule has 3 aromatic rings. The van der Waals surface area contributed by atoms with E-state index in [9.17, 15) is 18.8 Å². The third-order valence-electron chi connectivity index (χ3n) is 4.10. The van der Waals surface area contributed by atoms with Gasteiger partial charge in [0.05, 0.1) is 0 Å². The van der Waals surface area contributed by atoms with Crippen molar-refractivity contribution in [2.45, 2.75) is 13.5 Å². The summed E-state index contributed by atoms with van der Waals surface area (Å²) in [5.74, 6) is -1.28. The monoisotopic (exact) mass is 406 g/mol. The van der Waals surface area contributed by atoms with E-state index in [2.05, 4.69) is 10.6 Å². The molecule has 3 aromatic carbocycles. The Kier molecular flexibility index (Phi) is 6.54. The van der Waals surface area contributed by atoms with Gasteiger partial charge in [0.15, 0.2) is 0 Å². The number of carbonyl (C=O) groups excluding carboxylic acids is 3. The van der Waals surface area contributed by atoms with Gasteiger partial charge in [0.25, 0.3) is 11.8 Å². The molecule has 0 spiro atoms. The Morgan fingerprint density at radius 2 is 1.60 bits per heavy atom. The quantitative estimate of drug-likeness (QED) is 0.480. The highest BCUT2D eigenvalue weighted by atomic mass is 19.1. The van der Waals surface area contributed by atoms with Gasteiger partial charge in [-0.1, -0.05) is 18.2 Å². The van der Waals surface area contributed by atoms with Gasteiger partial charge in [-0.15, -0.1) is 0 Å². The molecule has 0 aromatic heterocycles. The maximum absolute atomic E-state index is 13.0. The van der Waals surface area contributed by atoms with Crippen LogP contribution in [0.25, 0.3) is 0 Å². The molecule has 0 bridgehead atoms. The fraction of sp³-hybridized carbons (Fsp3) is 0.0870. The van der Waals surface area contributed by atoms with Crippen LogP contribution in [-0.2, 0) is 11.3 Å². The molecule has 7 heteroatoms. The molecule has 30 heavy (non-hydrogen) atoms. The molecule has 0 saturated heterocycles. The second-order valence-electron chi connectivity index (χ2n) is 6.47. The van der Waals surface area contributed by atoms with Crippen LogP contribution in [-0.4, -0.2) is 17.8 Å². The number of hydrogen-bond donors (Lipinski definition) is 2. The second-order valence-corrected chi connectivity index (χ2v) is 6.47. The molecule has 0 aliphatic heterocycles. The molecule has 0 atom stereocenters. The van der Waals surface area contributed by atoms with E-state index in [1.807, 2.05) is 6.07 Å². The lowest BCUT2D eigenvalue weighted by molar-refractivity contribution is -0.131. The number of anilines is 1. The Labute approximate surface area is 172 Å². The maximum Gasteiger partial charge on any atom is 0.308 e. The summed E-state index contributed by atoms with van der Waals surface area (Å²) < 4.78 is 18.0. The van der Waals surface area contributed by atoms with Crippen LogP contribution in [0.3, 0.4) is 0 Å². The maximum atomic E-state index is 13.0. The van der Waals surface area contributed by atoms with Gasteiger partial charge in [0, 0.05) is 30.3 Å². The number of hydrogen-bond acceptors (Lipinski definition) is 4. The van der Waals surface area contributed by atoms with Gasteiger partial charge >= 0.3 is 5.97 Å². The van der Waals surface area contributed by atoms with E-state index in [0.29, 0.717) is 22.6 Å². The summed E-state index contributed by atoms with van der Waals surface area (Å²) in [5.41, 5.74) is 2.02. The van der Waals surface area contributed by atoms with E-state index in [-0.39, 0.29) is 18.4 Å². The fourth-order valence-corrected chi connectivity index (χ4v) is 2.71. The number of benzene rings is 3. The first kappa shape index (κ1) is 20.7. The molecule has 0 saturated carbocycles. The topological polar surface area (TPSA) is 84.5 Å². The number of amides is 2. The zero-order valence-electron chi connectivity index (χ0n) is 16.1. The number of nitrogens with one attached hydrogen (secondary N) is 2. The molecule has 0 fully saturated rings. The van der Waals surface area contributed by atoms with Crippen LogP contribution in [0.1, 0.15) is 33.2 Å². The van der Waals surface area contributed by atoms with Crippen LogP contribution in [0.15, 0.2) is 72.8 Å². The molecule has 0 aliphatic carbocycles. The highest BCUT2D eigenvalue weighted by molar-refractivity contribution is 6.04. The minimum absolute atomic E-state index is 0.233. The van der Waals surface area contributed by atoms with Crippen molar-refractivity contribution in [3.8, 4) is 5.75 Å². The zero-order chi connectivity index (χ0) is 21.5. The van der Waals surface area contributed by atoms with Crippen molar-refractivity contribution in [3.05, 3.63) is 95.3 Å². The standard InChI is InChI=1S/C23H19FN2O4/c1-15(27)30-21-7-3-5-18(13-21)22(28)25-14-16-4-2-6-20(12-16)26-23(29)17-8-10-19(24)11-9-17/h2-13H,14H2,1H3,(H,25,28)(H,26,29). The van der Waals surface area contributed by atoms with E-state index in [1.54, 1.807) is 36.4 Å². The minimum atomic E-state index is -0.466. The molecule has 6 nitrogen and oxygen atoms in total. The third-order valence-corrected chi connectivity index (χ3v) is 4.10. The summed E-state index contributed by atoms with van der Waals surface area (Å²) in [4.78, 5) is 35.7. The van der Waals surface area contributed by atoms with Crippen molar-refractivity contribution in [3.63, 3.8) is 0 Å². The first-order chi connectivity index (χ1) is 14.4. The number of rotatable bonds is 6. The van der Waals surface area contributed by atoms with Gasteiger partial charge in [-0.3, -0.25) is 14.4 Å². The summed E-state index contributed by atoms with van der Waals surface area (Å²) in [7, 11) is 0. The number of ether oxygens (including phenoxy) is 1. The summed E-state index contributed by atoms with van der Waals surface area (Å²) in [6.45, 7) is 1.52. The Hall–Kier alpha value is -4.00. The highest BCUT2D eigenvalue weighted by Crippen LogP contribution is 2.15. The lowest BCUT2D eigenvalue weighted by atomic mass is 10.1. The molecular formula is C23H19FN2O4. The average molecular weight is 406 g/mol. The number of carbonyl (C=O) groups is 3. The Bertz CT molecular complexity index is 1080. The molecule has 152 valence electrons. The first-order valence-corrected chi connectivity index (χ1v) is 9.13. The van der Waals surface area contributed by atoms with Crippen molar-refractivity contribution in [2.24, 2.45) is 0 Å². The summed E-state index contributed by atoms with van der Waals surface area (Å²) >= 11 is 0. The van der Waals surface area contributed by atoms with E-state index < -0.39 is 11.8 Å². The Morgan fingerprint density at radius 3 is 2.33 bits per heavy atom. The van der Waals surface area contributed by atoms with Gasteiger partial charge in [-0.25, -0.2) is 4.39 Å². The molecule has 0 heterocycles. The molecular weight excluding hydrogens is 387 g/mol. The van der Waals surface area contributed by atoms with Crippen LogP contribution in [0.4, 0.5) is 10.1 Å². The predicted molar refractivity (Wildman–Crippen MR) is 110 cm³/mol. The molecule has 0 aliphatic rings. The average Bonchev–Trinajstić information content (AvgIpc) is 2.72. The molecule has 2 amide bonds. The van der Waals surface area contributed by atoms with Crippen LogP contribution in [0, 0.1) is 5.82 Å². The Balaban J connectivity index is 1.61. The van der Waals surface area contributed by atoms with Crippen molar-refractivity contribution in [1.29, 1.82) is 0 Å². The van der Waals surface area contributed by atoms with Gasteiger partial charge in [-0.2, -0.15) is 0 Å². The van der Waals surface area contributed by atoms with Crippen molar-refractivity contribution >= 4 is 23.5 Å². The van der Waals surface area contributed by atoms with E-state index in [1.165, 1.54) is 37.3 Å². The third kappa shape index (κ3) is 5.75. The highest BCUT2D eigenvalue weighted by Gasteiger charge is 2.09. The van der Waals surface area contributed by atoms with Crippen molar-refractivity contribution in [1.82, 2.24) is 5.32 Å². The SMILES string of the molecule is CC(=O)Oc1cccc(C(=O)NCc2cccc(NC(=O)c3ccc(F)cc3)c2)c1. The normalized spacial score (nSPS) is 10.2. The lowest BCUT2D eigenvalue weighted by Crippen LogP contribution is -2.23. The Morgan fingerprint density at radius 1 is 0.867 bits per heavy atom. The van der Waals surface area contributed by atoms with Gasteiger partial charge in [0.1, 0.15) is 11.6 Å². The largest absolute Gasteiger partial charge is 0.427 e. The van der Waals surface area contributed by atoms with Crippen LogP contribution >= 0.6 is 0 Å². The van der Waals surface area contributed by atoms with E-state index in [0.717, 1.165) is 5.56 Å². The van der Waals surface area contributed by atoms with Gasteiger partial charge in [0.2, 0.25) is 0 Å². The van der Waals surface area contributed by atoms with Crippen LogP contribution < -0.4 is 15.4 Å². The molecule has 2 N–H and O–H groups in total. The van der Waals surface area contributed by atoms with Gasteiger partial charge < -0.3 is 15.4 Å². The van der Waals surface area contributed by atoms with E-state index >= 15 is 0 Å². The predicted octanol–water partition coefficient (Wildman–Crippen LogP) is 3.93. The van der Waals surface area contributed by atoms with Crippen molar-refractivity contribution in [2.75, 3.05) is 5.32 Å². The van der Waals surface area contributed by atoms with Crippen LogP contribution in [0.5, 0.6) is 5.75 Å². The summed E-state index contributed by atoms with van der Waals surface area (Å²) in [5, 5.41) is 5.52. The molecule has 3 rings (SSSR count). The number of esters is 1. The molecule has 0 radical (unpaired) electrons. The number of halogens is 1.